The van der Waals surface area contributed by atoms with E-state index in [1.54, 1.807) is 42.5 Å². The van der Waals surface area contributed by atoms with E-state index in [2.05, 4.69) is 10.6 Å². The fourth-order valence-corrected chi connectivity index (χ4v) is 3.54. The Hall–Kier alpha value is -3.20. The molecule has 0 aliphatic carbocycles. The Bertz CT molecular complexity index is 965. The normalized spacial score (nSPS) is 12.7. The molecule has 1 heterocycles. The number of rotatable bonds is 9. The zero-order chi connectivity index (χ0) is 22.2. The van der Waals surface area contributed by atoms with Crippen molar-refractivity contribution in [3.8, 4) is 11.5 Å². The van der Waals surface area contributed by atoms with Crippen LogP contribution in [0.3, 0.4) is 0 Å². The summed E-state index contributed by atoms with van der Waals surface area (Å²) in [6.45, 7) is 3.63. The molecule has 0 spiro atoms. The second-order valence-electron chi connectivity index (χ2n) is 6.85. The zero-order valence-electron chi connectivity index (χ0n) is 17.3. The third kappa shape index (κ3) is 6.39. The van der Waals surface area contributed by atoms with E-state index in [0.717, 1.165) is 6.42 Å². The van der Waals surface area contributed by atoms with Gasteiger partial charge in [0.05, 0.1) is 11.3 Å². The number of carbonyl (C=O) groups excluding carboxylic acids is 3. The number of carbonyl (C=O) groups is 3. The summed E-state index contributed by atoms with van der Waals surface area (Å²) in [4.78, 5) is 37.2. The Morgan fingerprint density at radius 3 is 2.68 bits per heavy atom. The van der Waals surface area contributed by atoms with Crippen molar-refractivity contribution in [3.05, 3.63) is 48.0 Å². The molecule has 8 nitrogen and oxygen atoms in total. The first kappa shape index (κ1) is 22.5. The maximum Gasteiger partial charge on any atom is 0.339 e. The quantitative estimate of drug-likeness (QED) is 0.452. The average molecular weight is 445 g/mol. The third-order valence-corrected chi connectivity index (χ3v) is 5.55. The molecule has 0 saturated heterocycles. The van der Waals surface area contributed by atoms with Crippen molar-refractivity contribution in [3.63, 3.8) is 0 Å². The van der Waals surface area contributed by atoms with Crippen LogP contribution >= 0.6 is 11.8 Å². The highest BCUT2D eigenvalue weighted by molar-refractivity contribution is 8.00. The van der Waals surface area contributed by atoms with Crippen molar-refractivity contribution in [1.82, 2.24) is 5.32 Å². The Balaban J connectivity index is 1.53. The van der Waals surface area contributed by atoms with Gasteiger partial charge in [-0.3, -0.25) is 9.59 Å². The second kappa shape index (κ2) is 10.7. The molecule has 164 valence electrons. The molecule has 1 aliphatic heterocycles. The van der Waals surface area contributed by atoms with E-state index in [-0.39, 0.29) is 37.0 Å². The zero-order valence-corrected chi connectivity index (χ0v) is 18.1. The van der Waals surface area contributed by atoms with Gasteiger partial charge in [0.25, 0.3) is 5.91 Å². The van der Waals surface area contributed by atoms with Gasteiger partial charge in [-0.15, -0.1) is 11.8 Å². The van der Waals surface area contributed by atoms with Crippen molar-refractivity contribution in [1.29, 1.82) is 0 Å². The SMILES string of the molecule is CC[C@@H](C)NC(=O)COC(=O)c1ccccc1SCC(=O)Nc1ccc2c(c1)OCO2. The molecule has 3 rings (SSSR count). The van der Waals surface area contributed by atoms with Crippen LogP contribution in [-0.2, 0) is 14.3 Å². The van der Waals surface area contributed by atoms with Crippen LogP contribution in [0.25, 0.3) is 0 Å². The van der Waals surface area contributed by atoms with Gasteiger partial charge in [-0.1, -0.05) is 19.1 Å². The van der Waals surface area contributed by atoms with E-state index < -0.39 is 5.97 Å². The lowest BCUT2D eigenvalue weighted by Crippen LogP contribution is -2.35. The molecule has 0 saturated carbocycles. The summed E-state index contributed by atoms with van der Waals surface area (Å²) < 4.78 is 15.7. The number of hydrogen-bond donors (Lipinski definition) is 2. The van der Waals surface area contributed by atoms with Gasteiger partial charge in [0.15, 0.2) is 18.1 Å². The molecule has 2 amide bonds. The van der Waals surface area contributed by atoms with E-state index in [4.69, 9.17) is 14.2 Å². The number of ether oxygens (including phenoxy) is 3. The molecule has 0 aromatic heterocycles. The minimum absolute atomic E-state index is 0.0114. The number of benzene rings is 2. The largest absolute Gasteiger partial charge is 0.454 e. The number of nitrogens with one attached hydrogen (secondary N) is 2. The molecule has 2 N–H and O–H groups in total. The maximum atomic E-state index is 12.4. The Morgan fingerprint density at radius 1 is 1.10 bits per heavy atom. The smallest absolute Gasteiger partial charge is 0.339 e. The lowest BCUT2D eigenvalue weighted by atomic mass is 10.2. The minimum Gasteiger partial charge on any atom is -0.454 e. The fourth-order valence-electron chi connectivity index (χ4n) is 2.70. The summed E-state index contributed by atoms with van der Waals surface area (Å²) in [5.74, 6) is 0.107. The van der Waals surface area contributed by atoms with Crippen LogP contribution in [0.15, 0.2) is 47.4 Å². The van der Waals surface area contributed by atoms with Gasteiger partial charge in [0.2, 0.25) is 12.7 Å². The van der Waals surface area contributed by atoms with Gasteiger partial charge in [0, 0.05) is 22.7 Å². The van der Waals surface area contributed by atoms with Crippen molar-refractivity contribution in [2.24, 2.45) is 0 Å². The molecule has 1 aliphatic rings. The lowest BCUT2D eigenvalue weighted by Gasteiger charge is -2.12. The number of fused-ring (bicyclic) bond motifs is 1. The van der Waals surface area contributed by atoms with Crippen molar-refractivity contribution < 1.29 is 28.6 Å². The average Bonchev–Trinajstić information content (AvgIpc) is 3.24. The van der Waals surface area contributed by atoms with Gasteiger partial charge in [-0.05, 0) is 37.6 Å². The van der Waals surface area contributed by atoms with Crippen LogP contribution < -0.4 is 20.1 Å². The van der Waals surface area contributed by atoms with Crippen LogP contribution in [0.4, 0.5) is 5.69 Å². The first-order valence-corrected chi connectivity index (χ1v) is 10.8. The summed E-state index contributed by atoms with van der Waals surface area (Å²) in [7, 11) is 0. The molecule has 31 heavy (non-hydrogen) atoms. The van der Waals surface area contributed by atoms with Crippen molar-refractivity contribution >= 4 is 35.2 Å². The van der Waals surface area contributed by atoms with Crippen molar-refractivity contribution in [2.45, 2.75) is 31.2 Å². The second-order valence-corrected chi connectivity index (χ2v) is 7.87. The summed E-state index contributed by atoms with van der Waals surface area (Å²) in [6.07, 6.45) is 0.785. The number of esters is 1. The molecule has 2 aromatic rings. The summed E-state index contributed by atoms with van der Waals surface area (Å²) >= 11 is 1.21. The summed E-state index contributed by atoms with van der Waals surface area (Å²) in [5.41, 5.74) is 0.898. The molecule has 1 atom stereocenters. The molecule has 0 radical (unpaired) electrons. The van der Waals surface area contributed by atoms with Crippen LogP contribution in [0, 0.1) is 0 Å². The number of hydrogen-bond acceptors (Lipinski definition) is 7. The van der Waals surface area contributed by atoms with Gasteiger partial charge in [-0.25, -0.2) is 4.79 Å². The molecule has 9 heteroatoms. The van der Waals surface area contributed by atoms with Gasteiger partial charge < -0.3 is 24.8 Å². The minimum atomic E-state index is -0.612. The van der Waals surface area contributed by atoms with Crippen LogP contribution in [-0.4, -0.2) is 43.0 Å². The highest BCUT2D eigenvalue weighted by Gasteiger charge is 2.17. The van der Waals surface area contributed by atoms with E-state index in [0.29, 0.717) is 27.6 Å². The van der Waals surface area contributed by atoms with E-state index >= 15 is 0 Å². The number of anilines is 1. The maximum absolute atomic E-state index is 12.4. The van der Waals surface area contributed by atoms with E-state index in [1.165, 1.54) is 11.8 Å². The van der Waals surface area contributed by atoms with Gasteiger partial charge in [-0.2, -0.15) is 0 Å². The first-order valence-electron chi connectivity index (χ1n) is 9.84. The van der Waals surface area contributed by atoms with Gasteiger partial charge >= 0.3 is 5.97 Å². The first-order chi connectivity index (χ1) is 15.0. The predicted octanol–water partition coefficient (Wildman–Crippen LogP) is 3.22. The molecule has 2 aromatic carbocycles. The van der Waals surface area contributed by atoms with Crippen LogP contribution in [0.5, 0.6) is 11.5 Å². The lowest BCUT2D eigenvalue weighted by molar-refractivity contribution is -0.124. The highest BCUT2D eigenvalue weighted by atomic mass is 32.2. The molecule has 0 fully saturated rings. The summed E-state index contributed by atoms with van der Waals surface area (Å²) in [5, 5.41) is 5.53. The molecule has 0 bridgehead atoms. The van der Waals surface area contributed by atoms with E-state index in [9.17, 15) is 14.4 Å². The molecular weight excluding hydrogens is 420 g/mol. The predicted molar refractivity (Wildman–Crippen MR) is 117 cm³/mol. The van der Waals surface area contributed by atoms with Crippen molar-refractivity contribution in [2.75, 3.05) is 24.5 Å². The highest BCUT2D eigenvalue weighted by Crippen LogP contribution is 2.34. The number of amides is 2. The molecular formula is C22H24N2O6S. The van der Waals surface area contributed by atoms with Crippen LogP contribution in [0.1, 0.15) is 30.6 Å². The van der Waals surface area contributed by atoms with E-state index in [1.807, 2.05) is 13.8 Å². The molecule has 0 unspecified atom stereocenters. The Labute approximate surface area is 184 Å². The van der Waals surface area contributed by atoms with Crippen LogP contribution in [0.2, 0.25) is 0 Å². The standard InChI is InChI=1S/C22H24N2O6S/c1-3-14(2)23-20(25)11-28-22(27)16-6-4-5-7-19(16)31-12-21(26)24-15-8-9-17-18(10-15)30-13-29-17/h4-10,14H,3,11-13H2,1-2H3,(H,23,25)(H,24,26)/t14-/m1/s1. The monoisotopic (exact) mass is 444 g/mol. The topological polar surface area (TPSA) is 103 Å². The Kier molecular flexibility index (Phi) is 7.77. The Morgan fingerprint density at radius 2 is 1.87 bits per heavy atom. The third-order valence-electron chi connectivity index (χ3n) is 4.48. The number of thioether (sulfide) groups is 1. The fraction of sp³-hybridized carbons (Fsp3) is 0.318. The van der Waals surface area contributed by atoms with Gasteiger partial charge in [0.1, 0.15) is 0 Å². The summed E-state index contributed by atoms with van der Waals surface area (Å²) in [6, 6.07) is 12.0.